The number of aliphatic carboxylic acids is 1. The van der Waals surface area contributed by atoms with Crippen LogP contribution in [0.5, 0.6) is 0 Å². The number of aliphatic hydroxyl groups excluding tert-OH is 1. The predicted molar refractivity (Wildman–Crippen MR) is 63.6 cm³/mol. The van der Waals surface area contributed by atoms with Gasteiger partial charge >= 0.3 is 5.97 Å². The number of aliphatic hydroxyl groups is 1. The summed E-state index contributed by atoms with van der Waals surface area (Å²) in [6.07, 6.45) is 1.90. The third-order valence-corrected chi connectivity index (χ3v) is 3.07. The molecule has 2 rings (SSSR count). The summed E-state index contributed by atoms with van der Waals surface area (Å²) in [5.74, 6) is 5.01. The Hall–Kier alpha value is -1.79. The molecule has 0 aliphatic heterocycles. The Morgan fingerprint density at radius 2 is 1.94 bits per heavy atom. The largest absolute Gasteiger partial charge is 0.481 e. The minimum absolute atomic E-state index is 0.0627. The van der Waals surface area contributed by atoms with Gasteiger partial charge in [0.2, 0.25) is 0 Å². The second-order valence-electron chi connectivity index (χ2n) is 4.24. The van der Waals surface area contributed by atoms with E-state index < -0.39 is 11.4 Å². The first-order chi connectivity index (χ1) is 8.19. The van der Waals surface area contributed by atoms with E-state index >= 15 is 0 Å². The van der Waals surface area contributed by atoms with Crippen molar-refractivity contribution in [2.45, 2.75) is 24.7 Å². The monoisotopic (exact) mass is 230 g/mol. The van der Waals surface area contributed by atoms with Crippen LogP contribution < -0.4 is 0 Å². The molecule has 0 radical (unpaired) electrons. The third-order valence-electron chi connectivity index (χ3n) is 3.07. The van der Waals surface area contributed by atoms with Crippen LogP contribution in [0.1, 0.15) is 30.4 Å². The zero-order valence-corrected chi connectivity index (χ0v) is 9.44. The molecule has 1 saturated carbocycles. The van der Waals surface area contributed by atoms with Crippen LogP contribution in [0.3, 0.4) is 0 Å². The van der Waals surface area contributed by atoms with Gasteiger partial charge in [-0.15, -0.1) is 0 Å². The molecule has 1 aliphatic rings. The molecular weight excluding hydrogens is 216 g/mol. The van der Waals surface area contributed by atoms with Gasteiger partial charge in [-0.3, -0.25) is 4.79 Å². The van der Waals surface area contributed by atoms with Gasteiger partial charge in [0.05, 0.1) is 12.0 Å². The lowest BCUT2D eigenvalue weighted by Gasteiger charge is -2.09. The number of benzene rings is 1. The van der Waals surface area contributed by atoms with Crippen LogP contribution in [0, 0.1) is 11.8 Å². The van der Waals surface area contributed by atoms with Crippen molar-refractivity contribution in [3.05, 3.63) is 35.4 Å². The number of rotatable bonds is 3. The SMILES string of the molecule is O=C(O)C1(c2ccc(C#CCCO)cc2)CC1. The number of carboxylic acids is 1. The molecule has 0 unspecified atom stereocenters. The lowest BCUT2D eigenvalue weighted by atomic mass is 9.95. The van der Waals surface area contributed by atoms with E-state index in [1.807, 2.05) is 24.3 Å². The summed E-state index contributed by atoms with van der Waals surface area (Å²) < 4.78 is 0. The Labute approximate surface area is 100 Å². The normalized spacial score (nSPS) is 15.8. The van der Waals surface area contributed by atoms with Gasteiger partial charge in [-0.25, -0.2) is 0 Å². The smallest absolute Gasteiger partial charge is 0.314 e. The van der Waals surface area contributed by atoms with Gasteiger partial charge in [0.1, 0.15) is 0 Å². The molecule has 0 aromatic heterocycles. The first-order valence-corrected chi connectivity index (χ1v) is 5.63. The molecular formula is C14H14O3. The number of carboxylic acid groups (broad SMARTS) is 1. The highest BCUT2D eigenvalue weighted by molar-refractivity contribution is 5.84. The van der Waals surface area contributed by atoms with E-state index in [1.54, 1.807) is 0 Å². The van der Waals surface area contributed by atoms with Gasteiger partial charge in [-0.05, 0) is 30.5 Å². The highest BCUT2D eigenvalue weighted by Gasteiger charge is 2.51. The van der Waals surface area contributed by atoms with Crippen LogP contribution in [0.25, 0.3) is 0 Å². The minimum atomic E-state index is -0.739. The molecule has 0 amide bonds. The zero-order valence-electron chi connectivity index (χ0n) is 9.44. The third kappa shape index (κ3) is 2.32. The Morgan fingerprint density at radius 1 is 1.29 bits per heavy atom. The molecule has 0 atom stereocenters. The van der Waals surface area contributed by atoms with Gasteiger partial charge in [-0.2, -0.15) is 0 Å². The fourth-order valence-electron chi connectivity index (χ4n) is 1.84. The van der Waals surface area contributed by atoms with E-state index in [-0.39, 0.29) is 6.61 Å². The summed E-state index contributed by atoms with van der Waals surface area (Å²) in [5.41, 5.74) is 1.07. The molecule has 3 nitrogen and oxygen atoms in total. The summed E-state index contributed by atoms with van der Waals surface area (Å²) >= 11 is 0. The van der Waals surface area contributed by atoms with Crippen LogP contribution in [0.4, 0.5) is 0 Å². The fourth-order valence-corrected chi connectivity index (χ4v) is 1.84. The van der Waals surface area contributed by atoms with Crippen molar-refractivity contribution in [1.82, 2.24) is 0 Å². The van der Waals surface area contributed by atoms with Crippen molar-refractivity contribution in [3.63, 3.8) is 0 Å². The maximum absolute atomic E-state index is 11.1. The molecule has 2 N–H and O–H groups in total. The lowest BCUT2D eigenvalue weighted by molar-refractivity contribution is -0.140. The van der Waals surface area contributed by atoms with Gasteiger partial charge in [0.15, 0.2) is 0 Å². The van der Waals surface area contributed by atoms with E-state index in [4.69, 9.17) is 10.2 Å². The van der Waals surface area contributed by atoms with Crippen LogP contribution in [-0.2, 0) is 10.2 Å². The average Bonchev–Trinajstić information content (AvgIpc) is 3.11. The molecule has 17 heavy (non-hydrogen) atoms. The standard InChI is InChI=1S/C14H14O3/c15-10-2-1-3-11-4-6-12(7-5-11)14(8-9-14)13(16)17/h4-7,15H,2,8-10H2,(H,16,17). The molecule has 1 aromatic rings. The van der Waals surface area contributed by atoms with E-state index in [2.05, 4.69) is 11.8 Å². The molecule has 0 spiro atoms. The van der Waals surface area contributed by atoms with E-state index in [1.165, 1.54) is 0 Å². The van der Waals surface area contributed by atoms with Gasteiger partial charge in [-0.1, -0.05) is 24.0 Å². The zero-order chi connectivity index (χ0) is 12.3. The first kappa shape index (κ1) is 11.7. The van der Waals surface area contributed by atoms with E-state index in [0.29, 0.717) is 6.42 Å². The summed E-state index contributed by atoms with van der Waals surface area (Å²) in [4.78, 5) is 11.1. The van der Waals surface area contributed by atoms with E-state index in [0.717, 1.165) is 24.0 Å². The molecule has 1 aliphatic carbocycles. The maximum Gasteiger partial charge on any atom is 0.314 e. The van der Waals surface area contributed by atoms with Crippen LogP contribution in [-0.4, -0.2) is 22.8 Å². The summed E-state index contributed by atoms with van der Waals surface area (Å²) in [6.45, 7) is 0.0627. The maximum atomic E-state index is 11.1. The first-order valence-electron chi connectivity index (χ1n) is 5.63. The van der Waals surface area contributed by atoms with Gasteiger partial charge in [0.25, 0.3) is 0 Å². The summed E-state index contributed by atoms with van der Waals surface area (Å²) in [5, 5.41) is 17.7. The molecule has 1 fully saturated rings. The average molecular weight is 230 g/mol. The lowest BCUT2D eigenvalue weighted by Crippen LogP contribution is -2.19. The van der Waals surface area contributed by atoms with Crippen LogP contribution in [0.2, 0.25) is 0 Å². The summed E-state index contributed by atoms with van der Waals surface area (Å²) in [7, 11) is 0. The quantitative estimate of drug-likeness (QED) is 0.774. The van der Waals surface area contributed by atoms with Gasteiger partial charge < -0.3 is 10.2 Å². The number of hydrogen-bond donors (Lipinski definition) is 2. The van der Waals surface area contributed by atoms with E-state index in [9.17, 15) is 4.79 Å². The summed E-state index contributed by atoms with van der Waals surface area (Å²) in [6, 6.07) is 7.35. The highest BCUT2D eigenvalue weighted by Crippen LogP contribution is 2.48. The van der Waals surface area contributed by atoms with Crippen molar-refractivity contribution in [3.8, 4) is 11.8 Å². The second-order valence-corrected chi connectivity index (χ2v) is 4.24. The number of hydrogen-bond acceptors (Lipinski definition) is 2. The minimum Gasteiger partial charge on any atom is -0.481 e. The van der Waals surface area contributed by atoms with Crippen LogP contribution in [0.15, 0.2) is 24.3 Å². The Balaban J connectivity index is 2.15. The molecule has 88 valence electrons. The van der Waals surface area contributed by atoms with Crippen molar-refractivity contribution < 1.29 is 15.0 Å². The van der Waals surface area contributed by atoms with Gasteiger partial charge in [0, 0.05) is 12.0 Å². The molecule has 3 heteroatoms. The Morgan fingerprint density at radius 3 is 2.41 bits per heavy atom. The Kier molecular flexibility index (Phi) is 3.16. The topological polar surface area (TPSA) is 57.5 Å². The fraction of sp³-hybridized carbons (Fsp3) is 0.357. The van der Waals surface area contributed by atoms with Crippen molar-refractivity contribution in [2.24, 2.45) is 0 Å². The number of carbonyl (C=O) groups is 1. The van der Waals surface area contributed by atoms with Crippen molar-refractivity contribution in [2.75, 3.05) is 6.61 Å². The van der Waals surface area contributed by atoms with Crippen molar-refractivity contribution in [1.29, 1.82) is 0 Å². The molecule has 0 saturated heterocycles. The highest BCUT2D eigenvalue weighted by atomic mass is 16.4. The second kappa shape index (κ2) is 4.60. The molecule has 1 aromatic carbocycles. The Bertz CT molecular complexity index is 472. The molecule has 0 heterocycles. The molecule has 0 bridgehead atoms. The van der Waals surface area contributed by atoms with Crippen LogP contribution >= 0.6 is 0 Å². The predicted octanol–water partition coefficient (Wildman–Crippen LogP) is 1.54. The van der Waals surface area contributed by atoms with Crippen molar-refractivity contribution >= 4 is 5.97 Å².